The largest absolute Gasteiger partial charge is 0.394 e. The van der Waals surface area contributed by atoms with E-state index in [1.54, 1.807) is 45.7 Å². The first-order valence-corrected chi connectivity index (χ1v) is 13.9. The highest BCUT2D eigenvalue weighted by atomic mass is 32.2. The molecular weight excluding hydrogens is 486 g/mol. The molecule has 0 radical (unpaired) electrons. The summed E-state index contributed by atoms with van der Waals surface area (Å²) in [6.45, 7) is 14.0. The monoisotopic (exact) mass is 525 g/mol. The summed E-state index contributed by atoms with van der Waals surface area (Å²) in [7, 11) is 1.74. The van der Waals surface area contributed by atoms with Gasteiger partial charge in [0.1, 0.15) is 6.04 Å². The molecule has 3 aliphatic rings. The maximum absolute atomic E-state index is 14.5. The molecule has 37 heavy (non-hydrogen) atoms. The van der Waals surface area contributed by atoms with Crippen molar-refractivity contribution in [3.63, 3.8) is 0 Å². The predicted octanol–water partition coefficient (Wildman–Crippen LogP) is 3.27. The molecule has 3 saturated heterocycles. The van der Waals surface area contributed by atoms with Gasteiger partial charge in [0.2, 0.25) is 17.7 Å². The van der Waals surface area contributed by atoms with E-state index in [9.17, 15) is 19.5 Å². The number of carbonyl (C=O) groups excluding carboxylic acids is 3. The second-order valence-corrected chi connectivity index (χ2v) is 12.9. The number of thioether (sulfide) groups is 1. The van der Waals surface area contributed by atoms with Gasteiger partial charge in [-0.15, -0.1) is 24.9 Å². The Morgan fingerprint density at radius 1 is 1.19 bits per heavy atom. The Morgan fingerprint density at radius 2 is 1.84 bits per heavy atom. The van der Waals surface area contributed by atoms with Crippen LogP contribution in [0.5, 0.6) is 0 Å². The summed E-state index contributed by atoms with van der Waals surface area (Å²) in [5.74, 6) is -1.57. The number of aliphatic hydroxyl groups is 1. The molecule has 2 unspecified atom stereocenters. The third-order valence-electron chi connectivity index (χ3n) is 8.12. The highest BCUT2D eigenvalue weighted by molar-refractivity contribution is 8.02. The SMILES string of the molecule is C=CCN(C)C(=O)[C@@H]1[C@H]2C(=O)N([C@H](CO)c3ccccc3)C(C(=O)N(CC=C)C(C)(C)C)C23CC[C@H]1S3. The van der Waals surface area contributed by atoms with Crippen molar-refractivity contribution in [3.05, 3.63) is 61.2 Å². The van der Waals surface area contributed by atoms with Crippen LogP contribution in [0.4, 0.5) is 0 Å². The Labute approximate surface area is 224 Å². The molecule has 200 valence electrons. The molecule has 1 aromatic rings. The molecule has 3 heterocycles. The molecule has 0 aromatic heterocycles. The molecule has 3 amide bonds. The van der Waals surface area contributed by atoms with Crippen LogP contribution in [0.15, 0.2) is 55.6 Å². The second-order valence-electron chi connectivity index (χ2n) is 11.3. The first-order chi connectivity index (χ1) is 17.5. The van der Waals surface area contributed by atoms with Gasteiger partial charge in [-0.05, 0) is 39.2 Å². The molecule has 0 saturated carbocycles. The summed E-state index contributed by atoms with van der Waals surface area (Å²) in [5.41, 5.74) is 0.265. The van der Waals surface area contributed by atoms with E-state index in [4.69, 9.17) is 0 Å². The smallest absolute Gasteiger partial charge is 0.247 e. The van der Waals surface area contributed by atoms with Crippen molar-refractivity contribution in [2.24, 2.45) is 11.8 Å². The Balaban J connectivity index is 1.86. The number of rotatable bonds is 9. The number of aliphatic hydroxyl groups excluding tert-OH is 1. The van der Waals surface area contributed by atoms with E-state index in [2.05, 4.69) is 13.2 Å². The van der Waals surface area contributed by atoms with E-state index in [1.807, 2.05) is 51.1 Å². The third kappa shape index (κ3) is 4.42. The maximum Gasteiger partial charge on any atom is 0.247 e. The number of fused-ring (bicyclic) bond motifs is 1. The lowest BCUT2D eigenvalue weighted by atomic mass is 9.70. The Morgan fingerprint density at radius 3 is 2.41 bits per heavy atom. The van der Waals surface area contributed by atoms with Crippen molar-refractivity contribution in [2.45, 2.75) is 61.2 Å². The van der Waals surface area contributed by atoms with Crippen LogP contribution in [-0.2, 0) is 14.4 Å². The number of likely N-dealkylation sites (N-methyl/N-ethyl adjacent to an activating group) is 1. The summed E-state index contributed by atoms with van der Waals surface area (Å²) in [4.78, 5) is 47.6. The lowest BCUT2D eigenvalue weighted by molar-refractivity contribution is -0.148. The molecule has 3 fully saturated rings. The quantitative estimate of drug-likeness (QED) is 0.501. The van der Waals surface area contributed by atoms with Crippen LogP contribution in [0.3, 0.4) is 0 Å². The van der Waals surface area contributed by atoms with Gasteiger partial charge in [-0.1, -0.05) is 42.5 Å². The van der Waals surface area contributed by atoms with E-state index < -0.39 is 34.2 Å². The van der Waals surface area contributed by atoms with Gasteiger partial charge >= 0.3 is 0 Å². The fourth-order valence-electron chi connectivity index (χ4n) is 6.53. The van der Waals surface area contributed by atoms with Gasteiger partial charge in [0.05, 0.1) is 29.2 Å². The van der Waals surface area contributed by atoms with Gasteiger partial charge in [0.15, 0.2) is 0 Å². The minimum atomic E-state index is -0.793. The van der Waals surface area contributed by atoms with Gasteiger partial charge < -0.3 is 19.8 Å². The van der Waals surface area contributed by atoms with Gasteiger partial charge in [0, 0.05) is 30.9 Å². The highest BCUT2D eigenvalue weighted by Gasteiger charge is 2.74. The zero-order valence-corrected chi connectivity index (χ0v) is 23.1. The molecule has 8 heteroatoms. The van der Waals surface area contributed by atoms with Crippen LogP contribution in [-0.4, -0.2) is 85.8 Å². The van der Waals surface area contributed by atoms with E-state index in [0.29, 0.717) is 19.5 Å². The molecule has 0 aliphatic carbocycles. The summed E-state index contributed by atoms with van der Waals surface area (Å²) in [5, 5.41) is 10.6. The minimum Gasteiger partial charge on any atom is -0.394 e. The lowest BCUT2D eigenvalue weighted by Gasteiger charge is -2.43. The predicted molar refractivity (Wildman–Crippen MR) is 147 cm³/mol. The molecule has 2 bridgehead atoms. The van der Waals surface area contributed by atoms with Crippen molar-refractivity contribution in [2.75, 3.05) is 26.7 Å². The summed E-state index contributed by atoms with van der Waals surface area (Å²) in [6, 6.07) is 7.88. The molecule has 1 spiro atoms. The first kappa shape index (κ1) is 27.5. The van der Waals surface area contributed by atoms with Gasteiger partial charge in [0.25, 0.3) is 0 Å². The van der Waals surface area contributed by atoms with Crippen LogP contribution >= 0.6 is 11.8 Å². The van der Waals surface area contributed by atoms with E-state index in [-0.39, 0.29) is 29.6 Å². The lowest BCUT2D eigenvalue weighted by Crippen LogP contribution is -2.59. The maximum atomic E-state index is 14.5. The number of nitrogens with zero attached hydrogens (tertiary/aromatic N) is 3. The number of carbonyl (C=O) groups is 3. The Kier molecular flexibility index (Phi) is 7.64. The van der Waals surface area contributed by atoms with Crippen LogP contribution < -0.4 is 0 Å². The van der Waals surface area contributed by atoms with Crippen LogP contribution in [0.2, 0.25) is 0 Å². The molecular formula is C29H39N3O4S. The van der Waals surface area contributed by atoms with Crippen molar-refractivity contribution < 1.29 is 19.5 Å². The zero-order chi connectivity index (χ0) is 27.1. The minimum absolute atomic E-state index is 0.0158. The second kappa shape index (κ2) is 10.3. The molecule has 7 nitrogen and oxygen atoms in total. The average Bonchev–Trinajstić information content (AvgIpc) is 3.50. The van der Waals surface area contributed by atoms with Gasteiger partial charge in [-0.3, -0.25) is 14.4 Å². The van der Waals surface area contributed by atoms with Crippen molar-refractivity contribution in [1.82, 2.24) is 14.7 Å². The average molecular weight is 526 g/mol. The number of hydrogen-bond acceptors (Lipinski definition) is 5. The molecule has 6 atom stereocenters. The molecule has 4 rings (SSSR count). The van der Waals surface area contributed by atoms with Gasteiger partial charge in [-0.2, -0.15) is 0 Å². The van der Waals surface area contributed by atoms with Crippen molar-refractivity contribution >= 4 is 29.5 Å². The van der Waals surface area contributed by atoms with Crippen molar-refractivity contribution in [3.8, 4) is 0 Å². The number of likely N-dealkylation sites (tertiary alicyclic amines) is 1. The summed E-state index contributed by atoms with van der Waals surface area (Å²) in [6.07, 6.45) is 4.84. The summed E-state index contributed by atoms with van der Waals surface area (Å²) >= 11 is 1.64. The van der Waals surface area contributed by atoms with Crippen LogP contribution in [0.1, 0.15) is 45.2 Å². The van der Waals surface area contributed by atoms with Crippen molar-refractivity contribution in [1.29, 1.82) is 0 Å². The Bertz CT molecular complexity index is 1070. The summed E-state index contributed by atoms with van der Waals surface area (Å²) < 4.78 is -0.721. The first-order valence-electron chi connectivity index (χ1n) is 13.0. The molecule has 1 aromatic carbocycles. The fourth-order valence-corrected chi connectivity index (χ4v) is 8.72. The van der Waals surface area contributed by atoms with Crippen LogP contribution in [0, 0.1) is 11.8 Å². The topological polar surface area (TPSA) is 81.2 Å². The van der Waals surface area contributed by atoms with E-state index in [0.717, 1.165) is 12.0 Å². The zero-order valence-electron chi connectivity index (χ0n) is 22.3. The van der Waals surface area contributed by atoms with E-state index in [1.165, 1.54) is 0 Å². The highest BCUT2D eigenvalue weighted by Crippen LogP contribution is 2.67. The normalized spacial score (nSPS) is 29.1. The standard InChI is InChI=1S/C29H39N3O4S/c1-7-16-30(6)25(34)22-21-14-15-29(37-21)23(22)26(35)32(20(18-33)19-12-10-9-11-13-19)24(29)27(36)31(17-8-2)28(3,4)5/h7-13,20-24,33H,1-2,14-18H2,3-6H3/t20-,21-,22+,23+,24?,29?/m1/s1. The number of benzene rings is 1. The fraction of sp³-hybridized carbons (Fsp3) is 0.552. The number of amides is 3. The van der Waals surface area contributed by atoms with E-state index >= 15 is 0 Å². The van der Waals surface area contributed by atoms with Crippen LogP contribution in [0.25, 0.3) is 0 Å². The number of hydrogen-bond donors (Lipinski definition) is 1. The molecule has 1 N–H and O–H groups in total. The third-order valence-corrected chi connectivity index (χ3v) is 10.1. The molecule has 3 aliphatic heterocycles. The Hall–Kier alpha value is -2.58. The van der Waals surface area contributed by atoms with Gasteiger partial charge in [-0.25, -0.2) is 0 Å².